The Morgan fingerprint density at radius 2 is 2.11 bits per heavy atom. The van der Waals surface area contributed by atoms with Crippen molar-refractivity contribution in [3.8, 4) is 0 Å². The maximum Gasteiger partial charge on any atom is 0.225 e. The van der Waals surface area contributed by atoms with Gasteiger partial charge in [0, 0.05) is 17.1 Å². The standard InChI is InChI=1S/C13H14N2OS2/c1-9-11(18-13(17)15-9)7-12(16)14-8-10-5-3-2-4-6-10/h2-6H,7-8H2,1H3,(H,14,16)(H,15,17). The summed E-state index contributed by atoms with van der Waals surface area (Å²) in [6.07, 6.45) is 0.385. The van der Waals surface area contributed by atoms with E-state index in [2.05, 4.69) is 10.3 Å². The first-order valence-corrected chi connectivity index (χ1v) is 6.87. The summed E-state index contributed by atoms with van der Waals surface area (Å²) in [6, 6.07) is 9.87. The summed E-state index contributed by atoms with van der Waals surface area (Å²) in [5, 5.41) is 2.90. The van der Waals surface area contributed by atoms with E-state index in [1.54, 1.807) is 0 Å². The molecule has 0 aliphatic rings. The number of hydrogen-bond donors (Lipinski definition) is 2. The molecule has 0 aliphatic carbocycles. The number of thiazole rings is 1. The van der Waals surface area contributed by atoms with Crippen LogP contribution in [0.3, 0.4) is 0 Å². The minimum atomic E-state index is 0.0206. The molecule has 3 nitrogen and oxygen atoms in total. The minimum Gasteiger partial charge on any atom is -0.352 e. The molecular weight excluding hydrogens is 264 g/mol. The van der Waals surface area contributed by atoms with Gasteiger partial charge in [0.05, 0.1) is 6.42 Å². The van der Waals surface area contributed by atoms with Crippen LogP contribution in [0, 0.1) is 10.9 Å². The van der Waals surface area contributed by atoms with Gasteiger partial charge in [0.25, 0.3) is 0 Å². The monoisotopic (exact) mass is 278 g/mol. The maximum atomic E-state index is 11.8. The molecule has 94 valence electrons. The lowest BCUT2D eigenvalue weighted by Crippen LogP contribution is -2.24. The molecule has 18 heavy (non-hydrogen) atoms. The Bertz CT molecular complexity index is 587. The van der Waals surface area contributed by atoms with E-state index in [-0.39, 0.29) is 5.91 Å². The SMILES string of the molecule is Cc1[nH]c(=S)sc1CC(=O)NCc1ccccc1. The van der Waals surface area contributed by atoms with E-state index in [0.717, 1.165) is 20.1 Å². The van der Waals surface area contributed by atoms with E-state index in [4.69, 9.17) is 12.2 Å². The molecule has 1 amide bonds. The molecule has 0 radical (unpaired) electrons. The summed E-state index contributed by atoms with van der Waals surface area (Å²) in [7, 11) is 0. The number of nitrogens with one attached hydrogen (secondary N) is 2. The average molecular weight is 278 g/mol. The van der Waals surface area contributed by atoms with Gasteiger partial charge >= 0.3 is 0 Å². The number of hydrogen-bond acceptors (Lipinski definition) is 3. The molecule has 0 aliphatic heterocycles. The zero-order chi connectivity index (χ0) is 13.0. The quantitative estimate of drug-likeness (QED) is 0.845. The van der Waals surface area contributed by atoms with Gasteiger partial charge in [0.15, 0.2) is 3.95 Å². The van der Waals surface area contributed by atoms with Crippen molar-refractivity contribution in [2.24, 2.45) is 0 Å². The number of benzene rings is 1. The Kier molecular flexibility index (Phi) is 4.28. The van der Waals surface area contributed by atoms with E-state index in [0.29, 0.717) is 13.0 Å². The number of amides is 1. The number of aromatic amines is 1. The van der Waals surface area contributed by atoms with Crippen molar-refractivity contribution in [3.63, 3.8) is 0 Å². The van der Waals surface area contributed by atoms with E-state index < -0.39 is 0 Å². The van der Waals surface area contributed by atoms with Gasteiger partial charge in [0.2, 0.25) is 5.91 Å². The lowest BCUT2D eigenvalue weighted by Gasteiger charge is -2.04. The average Bonchev–Trinajstić information content (AvgIpc) is 2.67. The highest BCUT2D eigenvalue weighted by Gasteiger charge is 2.08. The predicted octanol–water partition coefficient (Wildman–Crippen LogP) is 2.97. The summed E-state index contributed by atoms with van der Waals surface area (Å²) in [5.74, 6) is 0.0206. The van der Waals surface area contributed by atoms with Crippen LogP contribution in [-0.2, 0) is 17.8 Å². The van der Waals surface area contributed by atoms with Crippen LogP contribution in [0.25, 0.3) is 0 Å². The molecule has 1 aromatic carbocycles. The van der Waals surface area contributed by atoms with Crippen LogP contribution in [0.1, 0.15) is 16.1 Å². The lowest BCUT2D eigenvalue weighted by molar-refractivity contribution is -0.120. The number of aryl methyl sites for hydroxylation is 1. The van der Waals surface area contributed by atoms with Gasteiger partial charge in [0.1, 0.15) is 0 Å². The van der Waals surface area contributed by atoms with Gasteiger partial charge in [-0.15, -0.1) is 11.3 Å². The molecule has 0 saturated heterocycles. The number of H-pyrrole nitrogens is 1. The fourth-order valence-electron chi connectivity index (χ4n) is 1.61. The summed E-state index contributed by atoms with van der Waals surface area (Å²) >= 11 is 6.51. The van der Waals surface area contributed by atoms with Gasteiger partial charge in [-0.3, -0.25) is 4.79 Å². The lowest BCUT2D eigenvalue weighted by atomic mass is 10.2. The zero-order valence-electron chi connectivity index (χ0n) is 10.0. The van der Waals surface area contributed by atoms with E-state index in [1.807, 2.05) is 37.3 Å². The Hall–Kier alpha value is -1.46. The molecule has 2 rings (SSSR count). The van der Waals surface area contributed by atoms with Crippen LogP contribution in [0.4, 0.5) is 0 Å². The molecule has 0 spiro atoms. The third kappa shape index (κ3) is 3.51. The first kappa shape index (κ1) is 13.0. The van der Waals surface area contributed by atoms with Crippen LogP contribution < -0.4 is 5.32 Å². The van der Waals surface area contributed by atoms with Gasteiger partial charge < -0.3 is 10.3 Å². The Morgan fingerprint density at radius 3 is 2.72 bits per heavy atom. The normalized spacial score (nSPS) is 10.3. The second-order valence-electron chi connectivity index (χ2n) is 4.00. The summed E-state index contributed by atoms with van der Waals surface area (Å²) < 4.78 is 0.721. The fourth-order valence-corrected chi connectivity index (χ4v) is 2.90. The number of aromatic nitrogens is 1. The van der Waals surface area contributed by atoms with Crippen LogP contribution in [-0.4, -0.2) is 10.9 Å². The summed E-state index contributed by atoms with van der Waals surface area (Å²) in [5.41, 5.74) is 2.09. The molecule has 0 unspecified atom stereocenters. The molecular formula is C13H14N2OS2. The molecule has 2 aromatic rings. The second-order valence-corrected chi connectivity index (χ2v) is 5.77. The molecule has 5 heteroatoms. The first-order chi connectivity index (χ1) is 8.65. The molecule has 0 bridgehead atoms. The smallest absolute Gasteiger partial charge is 0.225 e. The number of carbonyl (C=O) groups excluding carboxylic acids is 1. The van der Waals surface area contributed by atoms with Gasteiger partial charge in [-0.2, -0.15) is 0 Å². The number of rotatable bonds is 4. The molecule has 2 N–H and O–H groups in total. The molecule has 1 heterocycles. The van der Waals surface area contributed by atoms with Gasteiger partial charge in [-0.1, -0.05) is 30.3 Å². The molecule has 0 saturated carbocycles. The highest BCUT2D eigenvalue weighted by molar-refractivity contribution is 7.73. The van der Waals surface area contributed by atoms with Crippen LogP contribution >= 0.6 is 23.6 Å². The van der Waals surface area contributed by atoms with E-state index in [9.17, 15) is 4.79 Å². The van der Waals surface area contributed by atoms with Crippen molar-refractivity contribution in [3.05, 3.63) is 50.4 Å². The van der Waals surface area contributed by atoms with Crippen molar-refractivity contribution < 1.29 is 4.79 Å². The summed E-state index contributed by atoms with van der Waals surface area (Å²) in [6.45, 7) is 2.50. The maximum absolute atomic E-state index is 11.8. The van der Waals surface area contributed by atoms with Gasteiger partial charge in [-0.05, 0) is 24.7 Å². The van der Waals surface area contributed by atoms with Crippen LogP contribution in [0.2, 0.25) is 0 Å². The largest absolute Gasteiger partial charge is 0.352 e. The van der Waals surface area contributed by atoms with Crippen molar-refractivity contribution >= 4 is 29.5 Å². The third-order valence-corrected chi connectivity index (χ3v) is 3.91. The highest BCUT2D eigenvalue weighted by Crippen LogP contribution is 2.14. The Balaban J connectivity index is 1.90. The minimum absolute atomic E-state index is 0.0206. The second kappa shape index (κ2) is 5.93. The first-order valence-electron chi connectivity index (χ1n) is 5.64. The molecule has 1 aromatic heterocycles. The van der Waals surface area contributed by atoms with Crippen LogP contribution in [0.15, 0.2) is 30.3 Å². The Labute approximate surface area is 115 Å². The van der Waals surface area contributed by atoms with Crippen molar-refractivity contribution in [1.82, 2.24) is 10.3 Å². The van der Waals surface area contributed by atoms with Gasteiger partial charge in [-0.25, -0.2) is 0 Å². The summed E-state index contributed by atoms with van der Waals surface area (Å²) in [4.78, 5) is 15.8. The van der Waals surface area contributed by atoms with Crippen molar-refractivity contribution in [2.75, 3.05) is 0 Å². The molecule has 0 fully saturated rings. The zero-order valence-corrected chi connectivity index (χ0v) is 11.7. The van der Waals surface area contributed by atoms with Crippen LogP contribution in [0.5, 0.6) is 0 Å². The predicted molar refractivity (Wildman–Crippen MR) is 76.2 cm³/mol. The van der Waals surface area contributed by atoms with E-state index in [1.165, 1.54) is 11.3 Å². The molecule has 0 atom stereocenters. The third-order valence-electron chi connectivity index (χ3n) is 2.58. The van der Waals surface area contributed by atoms with Crippen molar-refractivity contribution in [2.45, 2.75) is 19.9 Å². The Morgan fingerprint density at radius 1 is 1.39 bits per heavy atom. The van der Waals surface area contributed by atoms with Crippen molar-refractivity contribution in [1.29, 1.82) is 0 Å². The highest BCUT2D eigenvalue weighted by atomic mass is 32.1. The topological polar surface area (TPSA) is 44.9 Å². The fraction of sp³-hybridized carbons (Fsp3) is 0.231. The van der Waals surface area contributed by atoms with E-state index >= 15 is 0 Å². The number of carbonyl (C=O) groups is 1.